The topological polar surface area (TPSA) is 374 Å². The second-order valence-electron chi connectivity index (χ2n) is 28.1. The Morgan fingerprint density at radius 3 is 1.10 bits per heavy atom. The quantitative estimate of drug-likeness (QED) is 0.00886. The van der Waals surface area contributed by atoms with Crippen molar-refractivity contribution in [2.75, 3.05) is 26.4 Å². The molecule has 0 aromatic carbocycles. The molecule has 2 saturated heterocycles. The summed E-state index contributed by atoms with van der Waals surface area (Å²) in [4.78, 5) is 51.1. The van der Waals surface area contributed by atoms with E-state index in [0.29, 0.717) is 19.3 Å². The van der Waals surface area contributed by atoms with Crippen LogP contribution in [0.3, 0.4) is 0 Å². The van der Waals surface area contributed by atoms with Crippen LogP contribution in [0.5, 0.6) is 0 Å². The van der Waals surface area contributed by atoms with Gasteiger partial charge in [-0.05, 0) is 70.6 Å². The van der Waals surface area contributed by atoms with E-state index < -0.39 is 156 Å². The molecule has 11 N–H and O–H groups in total. The molecule has 18 unspecified atom stereocenters. The van der Waals surface area contributed by atoms with Gasteiger partial charge in [0.05, 0.1) is 13.2 Å². The third kappa shape index (κ3) is 39.2. The number of carbonyl (C=O) groups excluding carboxylic acids is 3. The van der Waals surface area contributed by atoms with Crippen molar-refractivity contribution in [3.63, 3.8) is 0 Å². The number of aliphatic hydroxyl groups excluding tert-OH is 10. The van der Waals surface area contributed by atoms with E-state index in [9.17, 15) is 74.9 Å². The highest BCUT2D eigenvalue weighted by Crippen LogP contribution is 2.49. The van der Waals surface area contributed by atoms with E-state index in [0.717, 1.165) is 109 Å². The summed E-state index contributed by atoms with van der Waals surface area (Å²) in [6, 6.07) is 0. The Kier molecular flexibility index (Phi) is 52.0. The first-order valence-corrected chi connectivity index (χ1v) is 40.6. The van der Waals surface area contributed by atoms with Crippen LogP contribution in [0.15, 0.2) is 24.3 Å². The van der Waals surface area contributed by atoms with Gasteiger partial charge in [0, 0.05) is 19.3 Å². The zero-order valence-corrected chi connectivity index (χ0v) is 62.1. The predicted octanol–water partition coefficient (Wildman–Crippen LogP) is 11.3. The van der Waals surface area contributed by atoms with E-state index >= 15 is 0 Å². The van der Waals surface area contributed by atoms with E-state index in [1.165, 1.54) is 135 Å². The van der Waals surface area contributed by atoms with Gasteiger partial charge in [0.1, 0.15) is 98.7 Å². The lowest BCUT2D eigenvalue weighted by Gasteiger charge is -2.49. The van der Waals surface area contributed by atoms with Crippen molar-refractivity contribution in [1.82, 2.24) is 0 Å². The lowest BCUT2D eigenvalue weighted by Crippen LogP contribution is -2.69. The molecule has 24 nitrogen and oxygen atoms in total. The lowest BCUT2D eigenvalue weighted by molar-refractivity contribution is -0.360. The van der Waals surface area contributed by atoms with Gasteiger partial charge in [-0.25, -0.2) is 4.57 Å². The average Bonchev–Trinajstić information content (AvgIpc) is 0.762. The Balaban J connectivity index is 1.72. The molecule has 0 aromatic heterocycles. The molecule has 2 heterocycles. The average molecular weight is 1450 g/mol. The molecule has 586 valence electrons. The molecule has 0 bridgehead atoms. The Hall–Kier alpha value is -2.56. The van der Waals surface area contributed by atoms with Crippen molar-refractivity contribution in [3.05, 3.63) is 24.3 Å². The van der Waals surface area contributed by atoms with E-state index in [-0.39, 0.29) is 19.3 Å². The van der Waals surface area contributed by atoms with Crippen molar-refractivity contribution in [1.29, 1.82) is 0 Å². The molecule has 0 amide bonds. The maximum absolute atomic E-state index is 14.4. The zero-order valence-electron chi connectivity index (χ0n) is 61.2. The number of unbranched alkanes of at least 4 members (excludes halogenated alkanes) is 36. The van der Waals surface area contributed by atoms with Gasteiger partial charge in [-0.3, -0.25) is 23.4 Å². The number of aliphatic hydroxyl groups is 10. The van der Waals surface area contributed by atoms with Gasteiger partial charge in [-0.1, -0.05) is 238 Å². The highest BCUT2D eigenvalue weighted by Gasteiger charge is 2.58. The minimum absolute atomic E-state index is 0.00814. The van der Waals surface area contributed by atoms with Crippen molar-refractivity contribution in [2.24, 2.45) is 0 Å². The summed E-state index contributed by atoms with van der Waals surface area (Å²) >= 11 is 0. The molecule has 0 spiro atoms. The van der Waals surface area contributed by atoms with Crippen LogP contribution in [0.25, 0.3) is 0 Å². The normalized spacial score (nSPS) is 27.4. The number of ether oxygens (including phenoxy) is 7. The molecular formula is C75H137O24P. The number of esters is 3. The number of rotatable bonds is 61. The summed E-state index contributed by atoms with van der Waals surface area (Å²) in [6.07, 6.45) is 18.0. The van der Waals surface area contributed by atoms with Crippen LogP contribution in [-0.4, -0.2) is 204 Å². The summed E-state index contributed by atoms with van der Waals surface area (Å²) in [5.41, 5.74) is 0. The molecular weight excluding hydrogens is 1320 g/mol. The highest BCUT2D eigenvalue weighted by molar-refractivity contribution is 7.47. The summed E-state index contributed by atoms with van der Waals surface area (Å²) in [5.74, 6) is -2.00. The molecule has 1 aliphatic carbocycles. The van der Waals surface area contributed by atoms with Crippen molar-refractivity contribution >= 4 is 25.7 Å². The molecule has 0 aromatic rings. The monoisotopic (exact) mass is 1450 g/mol. The maximum atomic E-state index is 14.4. The third-order valence-electron chi connectivity index (χ3n) is 19.2. The first-order valence-electron chi connectivity index (χ1n) is 39.1. The molecule has 3 aliphatic rings. The fraction of sp³-hybridized carbons (Fsp3) is 0.907. The standard InChI is InChI=1S/C75H137O24P/c1-4-7-10-13-16-19-22-25-27-28-30-32-35-37-40-43-46-49-59(77)91-53-56(94-61(79)51-48-45-42-39-36-33-29-26-23-20-17-14-11-8-5-2)54-93-100(89,90)99-73-71(97-74-69(87)64(82)62(80)57(52-76)95-74)67(85)66(84)68(86)72(73)98-75-70(88)65(83)63(81)58(96-75)55-92-60(78)50-47-44-41-38-34-31-24-21-18-15-12-9-6-3/h20,23,31,34,56-58,62-76,80-88H,4-19,21-22,24-30,32-33,35-55H2,1-3H3,(H,89,90)/b23-20-,34-31-. The molecule has 0 radical (unpaired) electrons. The van der Waals surface area contributed by atoms with Crippen LogP contribution < -0.4 is 0 Å². The fourth-order valence-electron chi connectivity index (χ4n) is 12.8. The summed E-state index contributed by atoms with van der Waals surface area (Å²) in [6.45, 7) is 3.43. The molecule has 100 heavy (non-hydrogen) atoms. The number of phosphoric acid groups is 1. The molecule has 3 rings (SSSR count). The molecule has 25 heteroatoms. The van der Waals surface area contributed by atoms with Crippen LogP contribution in [0.4, 0.5) is 0 Å². The van der Waals surface area contributed by atoms with Crippen LogP contribution in [0, 0.1) is 0 Å². The number of phosphoric ester groups is 1. The first kappa shape index (κ1) is 91.6. The zero-order chi connectivity index (χ0) is 73.2. The number of allylic oxidation sites excluding steroid dienone is 4. The second kappa shape index (κ2) is 56.7. The van der Waals surface area contributed by atoms with E-state index in [1.807, 2.05) is 0 Å². The minimum Gasteiger partial charge on any atom is -0.463 e. The van der Waals surface area contributed by atoms with Gasteiger partial charge in [-0.2, -0.15) is 0 Å². The summed E-state index contributed by atoms with van der Waals surface area (Å²) in [5, 5.41) is 110. The van der Waals surface area contributed by atoms with Crippen molar-refractivity contribution < 1.29 is 117 Å². The molecule has 2 aliphatic heterocycles. The third-order valence-corrected chi connectivity index (χ3v) is 20.2. The van der Waals surface area contributed by atoms with Gasteiger partial charge < -0.3 is 89.1 Å². The minimum atomic E-state index is -5.70. The molecule has 1 saturated carbocycles. The van der Waals surface area contributed by atoms with Crippen LogP contribution >= 0.6 is 7.82 Å². The maximum Gasteiger partial charge on any atom is 0.472 e. The van der Waals surface area contributed by atoms with Gasteiger partial charge in [0.25, 0.3) is 0 Å². The Morgan fingerprint density at radius 1 is 0.380 bits per heavy atom. The van der Waals surface area contributed by atoms with Crippen LogP contribution in [-0.2, 0) is 61.2 Å². The van der Waals surface area contributed by atoms with Crippen molar-refractivity contribution in [3.8, 4) is 0 Å². The number of hydrogen-bond acceptors (Lipinski definition) is 23. The van der Waals surface area contributed by atoms with Crippen LogP contribution in [0.2, 0.25) is 0 Å². The highest BCUT2D eigenvalue weighted by atomic mass is 31.2. The fourth-order valence-corrected chi connectivity index (χ4v) is 13.8. The summed E-state index contributed by atoms with van der Waals surface area (Å²) in [7, 11) is -5.70. The largest absolute Gasteiger partial charge is 0.472 e. The predicted molar refractivity (Wildman–Crippen MR) is 379 cm³/mol. The number of hydrogen-bond donors (Lipinski definition) is 11. The Morgan fingerprint density at radius 2 is 0.700 bits per heavy atom. The smallest absolute Gasteiger partial charge is 0.463 e. The van der Waals surface area contributed by atoms with Crippen LogP contribution in [0.1, 0.15) is 303 Å². The SMILES string of the molecule is CCCCCC/C=C\CCCCCCCCCC(=O)OC(COC(=O)CCCCCCCCCCCCCCCCCCC)COP(=O)(O)OC1C(OC2OC(CO)C(O)C(O)C2O)C(O)C(O)C(O)C1OC1OC(COC(=O)CCCCC/C=C\CCCCCCCC)C(O)C(O)C1O. The van der Waals surface area contributed by atoms with Gasteiger partial charge in [-0.15, -0.1) is 0 Å². The van der Waals surface area contributed by atoms with E-state index in [4.69, 9.17) is 42.2 Å². The van der Waals surface area contributed by atoms with Gasteiger partial charge >= 0.3 is 25.7 Å². The first-order chi connectivity index (χ1) is 48.3. The summed E-state index contributed by atoms with van der Waals surface area (Å²) < 4.78 is 65.1. The Bertz CT molecular complexity index is 2160. The Labute approximate surface area is 598 Å². The van der Waals surface area contributed by atoms with Gasteiger partial charge in [0.2, 0.25) is 0 Å². The lowest BCUT2D eigenvalue weighted by atomic mass is 9.84. The second-order valence-corrected chi connectivity index (χ2v) is 29.5. The van der Waals surface area contributed by atoms with E-state index in [1.54, 1.807) is 0 Å². The molecule has 3 fully saturated rings. The molecule has 18 atom stereocenters. The van der Waals surface area contributed by atoms with E-state index in [2.05, 4.69) is 45.1 Å². The number of carbonyl (C=O) groups is 3. The van der Waals surface area contributed by atoms with Gasteiger partial charge in [0.15, 0.2) is 18.7 Å². The van der Waals surface area contributed by atoms with Crippen molar-refractivity contribution in [2.45, 2.75) is 407 Å².